The van der Waals surface area contributed by atoms with Crippen molar-refractivity contribution in [1.29, 1.82) is 0 Å². The molecular weight excluding hydrogens is 328 g/mol. The van der Waals surface area contributed by atoms with Crippen LogP contribution in [0.1, 0.15) is 11.3 Å². The quantitative estimate of drug-likeness (QED) is 0.522. The Morgan fingerprint density at radius 2 is 1.52 bits per heavy atom. The normalized spacial score (nSPS) is 10.9. The molecule has 0 radical (unpaired) electrons. The predicted molar refractivity (Wildman–Crippen MR) is 104 cm³/mol. The van der Waals surface area contributed by atoms with Crippen molar-refractivity contribution >= 4 is 23.0 Å². The Morgan fingerprint density at radius 1 is 0.800 bits per heavy atom. The molecule has 0 fully saturated rings. The highest BCUT2D eigenvalue weighted by molar-refractivity contribution is 7.71. The zero-order chi connectivity index (χ0) is 17.2. The van der Waals surface area contributed by atoms with Gasteiger partial charge in [-0.3, -0.25) is 4.98 Å². The molecule has 0 bridgehead atoms. The Balaban J connectivity index is 1.91. The lowest BCUT2D eigenvalue weighted by atomic mass is 9.97. The third-order valence-electron chi connectivity index (χ3n) is 4.33. The van der Waals surface area contributed by atoms with E-state index in [1.165, 1.54) is 10.8 Å². The third-order valence-corrected chi connectivity index (χ3v) is 4.64. The van der Waals surface area contributed by atoms with Crippen molar-refractivity contribution in [1.82, 2.24) is 9.97 Å². The molecule has 0 aliphatic rings. The van der Waals surface area contributed by atoms with Crippen molar-refractivity contribution in [2.45, 2.75) is 6.42 Å². The summed E-state index contributed by atoms with van der Waals surface area (Å²) in [5.74, 6) is 0. The smallest absolute Gasteiger partial charge is 0.310 e. The van der Waals surface area contributed by atoms with Gasteiger partial charge in [0.15, 0.2) is 0 Å². The number of nitrogens with one attached hydrogen (secondary N) is 2. The topological polar surface area (TPSA) is 48.6 Å². The SMILES string of the molecule is O=c1[nH]c(Cc2cccc3ccccc23)c(-c2ccccc2)c(=S)[nH]1. The highest BCUT2D eigenvalue weighted by Gasteiger charge is 2.11. The van der Waals surface area contributed by atoms with E-state index in [1.54, 1.807) is 0 Å². The number of aromatic nitrogens is 2. The minimum absolute atomic E-state index is 0.278. The van der Waals surface area contributed by atoms with Crippen LogP contribution in [-0.4, -0.2) is 9.97 Å². The van der Waals surface area contributed by atoms with Crippen molar-refractivity contribution in [2.24, 2.45) is 0 Å². The molecule has 25 heavy (non-hydrogen) atoms. The van der Waals surface area contributed by atoms with E-state index in [0.717, 1.165) is 22.4 Å². The molecule has 0 unspecified atom stereocenters. The highest BCUT2D eigenvalue weighted by Crippen LogP contribution is 2.26. The van der Waals surface area contributed by atoms with Gasteiger partial charge < -0.3 is 4.98 Å². The molecule has 1 heterocycles. The summed E-state index contributed by atoms with van der Waals surface area (Å²) in [6.45, 7) is 0. The molecule has 2 N–H and O–H groups in total. The lowest BCUT2D eigenvalue weighted by Crippen LogP contribution is -2.15. The molecule has 0 aliphatic carbocycles. The molecule has 0 saturated heterocycles. The standard InChI is InChI=1S/C21H16N2OS/c24-21-22-18(19(20(25)23-21)15-8-2-1-3-9-15)13-16-11-6-10-14-7-4-5-12-17(14)16/h1-12H,13H2,(H2,22,23,24,25). The van der Waals surface area contributed by atoms with Crippen molar-refractivity contribution in [3.8, 4) is 11.1 Å². The summed E-state index contributed by atoms with van der Waals surface area (Å²) < 4.78 is 0.463. The molecule has 0 amide bonds. The first-order valence-corrected chi connectivity index (χ1v) is 8.51. The summed E-state index contributed by atoms with van der Waals surface area (Å²) in [5.41, 5.74) is 3.58. The molecule has 4 aromatic rings. The molecule has 4 rings (SSSR count). The molecule has 0 atom stereocenters. The number of fused-ring (bicyclic) bond motifs is 1. The maximum Gasteiger partial charge on any atom is 0.324 e. The molecule has 4 heteroatoms. The van der Waals surface area contributed by atoms with Gasteiger partial charge >= 0.3 is 5.69 Å². The summed E-state index contributed by atoms with van der Waals surface area (Å²) in [5, 5.41) is 2.37. The number of rotatable bonds is 3. The van der Waals surface area contributed by atoms with Crippen LogP contribution in [0.25, 0.3) is 21.9 Å². The zero-order valence-electron chi connectivity index (χ0n) is 13.5. The van der Waals surface area contributed by atoms with Crippen LogP contribution in [0.2, 0.25) is 0 Å². The van der Waals surface area contributed by atoms with Gasteiger partial charge in [-0.25, -0.2) is 4.79 Å². The van der Waals surface area contributed by atoms with Crippen molar-refractivity contribution in [3.63, 3.8) is 0 Å². The van der Waals surface area contributed by atoms with E-state index in [0.29, 0.717) is 11.1 Å². The van der Waals surface area contributed by atoms with Gasteiger partial charge in [-0.2, -0.15) is 0 Å². The van der Waals surface area contributed by atoms with Crippen molar-refractivity contribution in [3.05, 3.63) is 99.2 Å². The Morgan fingerprint density at radius 3 is 2.36 bits per heavy atom. The predicted octanol–water partition coefficient (Wildman–Crippen LogP) is 4.84. The van der Waals surface area contributed by atoms with Gasteiger partial charge in [0.25, 0.3) is 0 Å². The van der Waals surface area contributed by atoms with Crippen LogP contribution in [0.15, 0.2) is 77.6 Å². The van der Waals surface area contributed by atoms with Crippen LogP contribution >= 0.6 is 12.2 Å². The van der Waals surface area contributed by atoms with Gasteiger partial charge in [0, 0.05) is 17.7 Å². The molecular formula is C21H16N2OS. The minimum atomic E-state index is -0.278. The molecule has 122 valence electrons. The maximum atomic E-state index is 12.0. The Bertz CT molecular complexity index is 1150. The fraction of sp³-hybridized carbons (Fsp3) is 0.0476. The van der Waals surface area contributed by atoms with Crippen LogP contribution < -0.4 is 5.69 Å². The number of hydrogen-bond acceptors (Lipinski definition) is 2. The summed E-state index contributed by atoms with van der Waals surface area (Å²) in [7, 11) is 0. The lowest BCUT2D eigenvalue weighted by molar-refractivity contribution is 0.977. The largest absolute Gasteiger partial charge is 0.324 e. The maximum absolute atomic E-state index is 12.0. The third kappa shape index (κ3) is 3.04. The Hall–Kier alpha value is -2.98. The molecule has 3 nitrogen and oxygen atoms in total. The summed E-state index contributed by atoms with van der Waals surface area (Å²) in [6, 6.07) is 24.4. The van der Waals surface area contributed by atoms with E-state index < -0.39 is 0 Å². The average molecular weight is 344 g/mol. The fourth-order valence-corrected chi connectivity index (χ4v) is 3.55. The van der Waals surface area contributed by atoms with E-state index >= 15 is 0 Å². The average Bonchev–Trinajstić information content (AvgIpc) is 2.62. The summed E-state index contributed by atoms with van der Waals surface area (Å²) in [6.07, 6.45) is 0.610. The van der Waals surface area contributed by atoms with E-state index in [1.807, 2.05) is 48.5 Å². The zero-order valence-corrected chi connectivity index (χ0v) is 14.3. The molecule has 0 saturated carbocycles. The van der Waals surface area contributed by atoms with Crippen LogP contribution in [0.4, 0.5) is 0 Å². The monoisotopic (exact) mass is 344 g/mol. The number of H-pyrrole nitrogens is 2. The van der Waals surface area contributed by atoms with E-state index in [-0.39, 0.29) is 5.69 Å². The second-order valence-electron chi connectivity index (χ2n) is 5.94. The van der Waals surface area contributed by atoms with Crippen molar-refractivity contribution < 1.29 is 0 Å². The van der Waals surface area contributed by atoms with Gasteiger partial charge in [0.05, 0.1) is 0 Å². The molecule has 1 aromatic heterocycles. The van der Waals surface area contributed by atoms with Gasteiger partial charge in [-0.05, 0) is 21.9 Å². The molecule has 3 aromatic carbocycles. The van der Waals surface area contributed by atoms with E-state index in [4.69, 9.17) is 12.2 Å². The second kappa shape index (κ2) is 6.49. The first-order valence-electron chi connectivity index (χ1n) is 8.10. The number of aromatic amines is 2. The van der Waals surface area contributed by atoms with Gasteiger partial charge in [-0.15, -0.1) is 0 Å². The lowest BCUT2D eigenvalue weighted by Gasteiger charge is -2.11. The molecule has 0 spiro atoms. The highest BCUT2D eigenvalue weighted by atomic mass is 32.1. The summed E-state index contributed by atoms with van der Waals surface area (Å²) in [4.78, 5) is 17.6. The molecule has 0 aliphatic heterocycles. The Labute approximate surface area is 150 Å². The minimum Gasteiger partial charge on any atom is -0.310 e. The Kier molecular flexibility index (Phi) is 4.04. The van der Waals surface area contributed by atoms with E-state index in [9.17, 15) is 4.79 Å². The van der Waals surface area contributed by atoms with Gasteiger partial charge in [-0.1, -0.05) is 85.0 Å². The second-order valence-corrected chi connectivity index (χ2v) is 6.35. The van der Waals surface area contributed by atoms with Crippen molar-refractivity contribution in [2.75, 3.05) is 0 Å². The summed E-state index contributed by atoms with van der Waals surface area (Å²) >= 11 is 5.45. The van der Waals surface area contributed by atoms with Crippen LogP contribution in [-0.2, 0) is 6.42 Å². The fourth-order valence-electron chi connectivity index (χ4n) is 3.21. The van der Waals surface area contributed by atoms with Gasteiger partial charge in [0.2, 0.25) is 0 Å². The van der Waals surface area contributed by atoms with Crippen LogP contribution in [0, 0.1) is 4.64 Å². The first-order chi connectivity index (χ1) is 12.2. The van der Waals surface area contributed by atoms with Gasteiger partial charge in [0.1, 0.15) is 4.64 Å². The number of benzene rings is 3. The van der Waals surface area contributed by atoms with E-state index in [2.05, 4.69) is 34.2 Å². The number of hydrogen-bond donors (Lipinski definition) is 2. The van der Waals surface area contributed by atoms with Crippen LogP contribution in [0.3, 0.4) is 0 Å². The first kappa shape index (κ1) is 15.5. The van der Waals surface area contributed by atoms with Crippen LogP contribution in [0.5, 0.6) is 0 Å².